The van der Waals surface area contributed by atoms with E-state index in [-0.39, 0.29) is 0 Å². The monoisotopic (exact) mass is 269 g/mol. The number of nitrogens with zero attached hydrogens (tertiary/aromatic N) is 2. The fraction of sp³-hybridized carbons (Fsp3) is 0.471. The van der Waals surface area contributed by atoms with E-state index in [1.165, 1.54) is 30.5 Å². The van der Waals surface area contributed by atoms with E-state index < -0.39 is 0 Å². The molecule has 0 spiro atoms. The number of nitrogens with one attached hydrogen (secondary N) is 1. The molecule has 2 aromatic rings. The quantitative estimate of drug-likeness (QED) is 0.920. The Morgan fingerprint density at radius 2 is 1.90 bits per heavy atom. The first-order valence-electron chi connectivity index (χ1n) is 7.45. The third-order valence-electron chi connectivity index (χ3n) is 4.59. The summed E-state index contributed by atoms with van der Waals surface area (Å²) in [5, 5.41) is 8.41. The number of hydrogen-bond acceptors (Lipinski definition) is 2. The largest absolute Gasteiger partial charge is 0.307 e. The van der Waals surface area contributed by atoms with Crippen LogP contribution in [0.5, 0.6) is 0 Å². The Balaban J connectivity index is 1.83. The molecule has 0 bridgehead atoms. The molecule has 1 aromatic heterocycles. The van der Waals surface area contributed by atoms with E-state index >= 15 is 0 Å². The lowest BCUT2D eigenvalue weighted by Gasteiger charge is -2.39. The van der Waals surface area contributed by atoms with Crippen molar-refractivity contribution in [1.29, 1.82) is 0 Å². The average molecular weight is 269 g/mol. The molecule has 3 heteroatoms. The summed E-state index contributed by atoms with van der Waals surface area (Å²) in [5.74, 6) is 0. The zero-order valence-corrected chi connectivity index (χ0v) is 12.6. The van der Waals surface area contributed by atoms with E-state index in [0.29, 0.717) is 5.54 Å². The van der Waals surface area contributed by atoms with Crippen molar-refractivity contribution < 1.29 is 0 Å². The number of rotatable bonds is 4. The highest BCUT2D eigenvalue weighted by molar-refractivity contribution is 5.36. The van der Waals surface area contributed by atoms with Crippen LogP contribution in [0.15, 0.2) is 30.3 Å². The van der Waals surface area contributed by atoms with Crippen molar-refractivity contribution in [2.24, 2.45) is 0 Å². The molecule has 0 aliphatic heterocycles. The molecule has 3 rings (SSSR count). The Kier molecular flexibility index (Phi) is 3.38. The van der Waals surface area contributed by atoms with E-state index in [9.17, 15) is 0 Å². The summed E-state index contributed by atoms with van der Waals surface area (Å²) in [7, 11) is 0. The molecule has 1 fully saturated rings. The predicted molar refractivity (Wildman–Crippen MR) is 82.1 cm³/mol. The van der Waals surface area contributed by atoms with Crippen molar-refractivity contribution in [2.75, 3.05) is 0 Å². The molecule has 1 N–H and O–H groups in total. The van der Waals surface area contributed by atoms with Gasteiger partial charge in [0, 0.05) is 23.3 Å². The van der Waals surface area contributed by atoms with Gasteiger partial charge < -0.3 is 5.32 Å². The molecule has 3 nitrogen and oxygen atoms in total. The third-order valence-corrected chi connectivity index (χ3v) is 4.59. The lowest BCUT2D eigenvalue weighted by molar-refractivity contribution is 0.206. The molecule has 1 heterocycles. The minimum Gasteiger partial charge on any atom is -0.307 e. The van der Waals surface area contributed by atoms with Crippen LogP contribution in [0, 0.1) is 13.8 Å². The highest BCUT2D eigenvalue weighted by atomic mass is 15.3. The molecular weight excluding hydrogens is 246 g/mol. The van der Waals surface area contributed by atoms with E-state index in [2.05, 4.69) is 55.0 Å². The summed E-state index contributed by atoms with van der Waals surface area (Å²) in [4.78, 5) is 0. The minimum absolute atomic E-state index is 0.341. The van der Waals surface area contributed by atoms with Gasteiger partial charge in [-0.25, -0.2) is 4.68 Å². The molecule has 20 heavy (non-hydrogen) atoms. The fourth-order valence-corrected chi connectivity index (χ4v) is 2.94. The van der Waals surface area contributed by atoms with Gasteiger partial charge in [0.25, 0.3) is 0 Å². The Hall–Kier alpha value is -1.61. The van der Waals surface area contributed by atoms with Crippen LogP contribution < -0.4 is 5.32 Å². The van der Waals surface area contributed by atoms with Gasteiger partial charge in [0.05, 0.1) is 11.4 Å². The molecule has 0 radical (unpaired) electrons. The molecule has 0 unspecified atom stereocenters. The van der Waals surface area contributed by atoms with Crippen molar-refractivity contribution in [3.8, 4) is 5.69 Å². The maximum atomic E-state index is 4.70. The normalized spacial score (nSPS) is 16.9. The van der Waals surface area contributed by atoms with E-state index in [1.54, 1.807) is 0 Å². The van der Waals surface area contributed by atoms with E-state index in [0.717, 1.165) is 17.9 Å². The second-order valence-corrected chi connectivity index (χ2v) is 6.16. The SMILES string of the molecule is Cc1nn(-c2ccccc2)c(C)c1CNC1(C)CCC1. The van der Waals surface area contributed by atoms with Crippen molar-refractivity contribution in [2.45, 2.75) is 52.1 Å². The second kappa shape index (κ2) is 5.06. The number of benzene rings is 1. The minimum atomic E-state index is 0.341. The summed E-state index contributed by atoms with van der Waals surface area (Å²) in [6.45, 7) is 7.50. The van der Waals surface area contributed by atoms with Crippen LogP contribution >= 0.6 is 0 Å². The summed E-state index contributed by atoms with van der Waals surface area (Å²) < 4.78 is 2.05. The zero-order valence-electron chi connectivity index (χ0n) is 12.6. The van der Waals surface area contributed by atoms with Crippen LogP contribution in [0.2, 0.25) is 0 Å². The lowest BCUT2D eigenvalue weighted by atomic mass is 9.78. The van der Waals surface area contributed by atoms with Gasteiger partial charge in [0.15, 0.2) is 0 Å². The third kappa shape index (κ3) is 2.38. The van der Waals surface area contributed by atoms with E-state index in [1.807, 2.05) is 6.07 Å². The van der Waals surface area contributed by atoms with Crippen LogP contribution in [-0.2, 0) is 6.54 Å². The fourth-order valence-electron chi connectivity index (χ4n) is 2.94. The van der Waals surface area contributed by atoms with Crippen LogP contribution in [0.3, 0.4) is 0 Å². The lowest BCUT2D eigenvalue weighted by Crippen LogP contribution is -2.47. The van der Waals surface area contributed by atoms with Crippen molar-refractivity contribution in [3.05, 3.63) is 47.3 Å². The maximum Gasteiger partial charge on any atom is 0.0648 e. The Labute approximate surface area is 121 Å². The molecule has 0 atom stereocenters. The highest BCUT2D eigenvalue weighted by Crippen LogP contribution is 2.31. The summed E-state index contributed by atoms with van der Waals surface area (Å²) in [6.07, 6.45) is 3.93. The first-order chi connectivity index (χ1) is 9.59. The number of aromatic nitrogens is 2. The van der Waals surface area contributed by atoms with Crippen molar-refractivity contribution in [1.82, 2.24) is 15.1 Å². The number of hydrogen-bond donors (Lipinski definition) is 1. The summed E-state index contributed by atoms with van der Waals surface area (Å²) in [6, 6.07) is 10.3. The second-order valence-electron chi connectivity index (χ2n) is 6.16. The van der Waals surface area contributed by atoms with Gasteiger partial charge in [-0.1, -0.05) is 18.2 Å². The molecule has 0 amide bonds. The molecule has 1 aliphatic rings. The van der Waals surface area contributed by atoms with Crippen molar-refractivity contribution in [3.63, 3.8) is 0 Å². The van der Waals surface area contributed by atoms with Crippen LogP contribution in [0.4, 0.5) is 0 Å². The van der Waals surface area contributed by atoms with E-state index in [4.69, 9.17) is 5.10 Å². The Morgan fingerprint density at radius 3 is 2.50 bits per heavy atom. The van der Waals surface area contributed by atoms with Crippen molar-refractivity contribution >= 4 is 0 Å². The van der Waals surface area contributed by atoms with Gasteiger partial charge in [-0.05, 0) is 52.2 Å². The molecular formula is C17H23N3. The number of para-hydroxylation sites is 1. The van der Waals surface area contributed by atoms with Gasteiger partial charge in [-0.2, -0.15) is 5.10 Å². The maximum absolute atomic E-state index is 4.70. The molecule has 0 saturated heterocycles. The van der Waals surface area contributed by atoms with Gasteiger partial charge in [0.2, 0.25) is 0 Å². The predicted octanol–water partition coefficient (Wildman–Crippen LogP) is 3.52. The smallest absolute Gasteiger partial charge is 0.0648 e. The first-order valence-corrected chi connectivity index (χ1v) is 7.45. The van der Waals surface area contributed by atoms with Gasteiger partial charge in [0.1, 0.15) is 0 Å². The number of aryl methyl sites for hydroxylation is 1. The molecule has 1 aliphatic carbocycles. The average Bonchev–Trinajstić information content (AvgIpc) is 2.71. The van der Waals surface area contributed by atoms with Crippen LogP contribution in [0.25, 0.3) is 5.69 Å². The Bertz CT molecular complexity index is 594. The molecule has 1 aromatic carbocycles. The standard InChI is InChI=1S/C17H23N3/c1-13-16(12-18-17(3)10-7-11-17)14(2)20(19-13)15-8-5-4-6-9-15/h4-6,8-9,18H,7,10-12H2,1-3H3. The van der Waals surface area contributed by atoms with Crippen LogP contribution in [-0.4, -0.2) is 15.3 Å². The van der Waals surface area contributed by atoms with Crippen LogP contribution in [0.1, 0.15) is 43.1 Å². The highest BCUT2D eigenvalue weighted by Gasteiger charge is 2.31. The molecule has 1 saturated carbocycles. The summed E-state index contributed by atoms with van der Waals surface area (Å²) in [5.41, 5.74) is 5.18. The summed E-state index contributed by atoms with van der Waals surface area (Å²) >= 11 is 0. The first kappa shape index (κ1) is 13.4. The zero-order chi connectivity index (χ0) is 14.2. The topological polar surface area (TPSA) is 29.9 Å². The Morgan fingerprint density at radius 1 is 1.20 bits per heavy atom. The van der Waals surface area contributed by atoms with Gasteiger partial charge >= 0.3 is 0 Å². The van der Waals surface area contributed by atoms with Gasteiger partial charge in [-0.15, -0.1) is 0 Å². The van der Waals surface area contributed by atoms with Gasteiger partial charge in [-0.3, -0.25) is 0 Å². The molecule has 106 valence electrons.